The van der Waals surface area contributed by atoms with Crippen LogP contribution >= 0.6 is 0 Å². The number of alkyl halides is 1. The lowest BCUT2D eigenvalue weighted by Gasteiger charge is -2.39. The number of hydrogen-bond acceptors (Lipinski definition) is 3. The Balaban J connectivity index is 1.47. The van der Waals surface area contributed by atoms with Crippen LogP contribution in [0.25, 0.3) is 0 Å². The molecular formula is C29H38FNO2. The zero-order valence-electron chi connectivity index (χ0n) is 20.0. The summed E-state index contributed by atoms with van der Waals surface area (Å²) in [6.07, 6.45) is 8.75. The Kier molecular flexibility index (Phi) is 8.55. The number of piperidine rings is 1. The molecule has 0 radical (unpaired) electrons. The molecule has 1 heterocycles. The fourth-order valence-electron chi connectivity index (χ4n) is 5.62. The quantitative estimate of drug-likeness (QED) is 0.366. The van der Waals surface area contributed by atoms with E-state index in [4.69, 9.17) is 4.74 Å². The number of unbranched alkanes of at least 4 members (excludes halogenated alkanes) is 1. The van der Waals surface area contributed by atoms with E-state index in [2.05, 4.69) is 53.4 Å². The number of benzene rings is 2. The highest BCUT2D eigenvalue weighted by molar-refractivity contribution is 5.75. The van der Waals surface area contributed by atoms with E-state index in [1.54, 1.807) is 6.92 Å². The summed E-state index contributed by atoms with van der Waals surface area (Å²) in [6, 6.07) is 17.4. The first-order valence-electron chi connectivity index (χ1n) is 12.8. The molecule has 0 saturated carbocycles. The lowest BCUT2D eigenvalue weighted by Crippen LogP contribution is -2.45. The highest BCUT2D eigenvalue weighted by Gasteiger charge is 2.39. The zero-order chi connectivity index (χ0) is 23.0. The van der Waals surface area contributed by atoms with Crippen LogP contribution in [0.1, 0.15) is 74.7 Å². The molecule has 0 N–H and O–H groups in total. The molecule has 2 aromatic carbocycles. The number of Topliss-reactive ketones (excluding diaryl/α,β-unsaturated/α-hetero) is 1. The second-order valence-corrected chi connectivity index (χ2v) is 9.90. The van der Waals surface area contributed by atoms with Crippen LogP contribution in [0.3, 0.4) is 0 Å². The predicted molar refractivity (Wildman–Crippen MR) is 131 cm³/mol. The van der Waals surface area contributed by atoms with Crippen molar-refractivity contribution in [1.29, 1.82) is 0 Å². The maximum absolute atomic E-state index is 12.6. The fourth-order valence-corrected chi connectivity index (χ4v) is 5.62. The van der Waals surface area contributed by atoms with Gasteiger partial charge in [-0.15, -0.1) is 0 Å². The normalized spacial score (nSPS) is 22.8. The minimum absolute atomic E-state index is 0.0262. The minimum atomic E-state index is -0.196. The summed E-state index contributed by atoms with van der Waals surface area (Å²) in [5, 5.41) is 0. The van der Waals surface area contributed by atoms with Gasteiger partial charge in [-0.2, -0.15) is 0 Å². The summed E-state index contributed by atoms with van der Waals surface area (Å²) in [5.74, 6) is 1.83. The number of ether oxygens (including phenoxy) is 1. The monoisotopic (exact) mass is 451 g/mol. The summed E-state index contributed by atoms with van der Waals surface area (Å²) in [5.41, 5.74) is 3.93. The largest absolute Gasteiger partial charge is 0.484 e. The SMILES string of the molecule is CC(=O)CCCc1cccc(OC2c3ccccc3CC2N2CCCC(CCCCF)C2)c1. The highest BCUT2D eigenvalue weighted by Crippen LogP contribution is 2.40. The van der Waals surface area contributed by atoms with Gasteiger partial charge in [0.25, 0.3) is 0 Å². The molecule has 1 aliphatic carbocycles. The Bertz CT molecular complexity index is 914. The van der Waals surface area contributed by atoms with E-state index in [-0.39, 0.29) is 18.6 Å². The van der Waals surface area contributed by atoms with Gasteiger partial charge in [0.15, 0.2) is 0 Å². The number of likely N-dealkylation sites (tertiary alicyclic amines) is 1. The van der Waals surface area contributed by atoms with Crippen LogP contribution in [0.4, 0.5) is 4.39 Å². The van der Waals surface area contributed by atoms with Gasteiger partial charge in [-0.05, 0) is 93.2 Å². The van der Waals surface area contributed by atoms with E-state index in [9.17, 15) is 9.18 Å². The molecule has 178 valence electrons. The molecule has 1 aliphatic heterocycles. The number of aryl methyl sites for hydroxylation is 1. The Morgan fingerprint density at radius 3 is 2.85 bits per heavy atom. The summed E-state index contributed by atoms with van der Waals surface area (Å²) in [6.45, 7) is 3.67. The zero-order valence-corrected chi connectivity index (χ0v) is 20.0. The maximum atomic E-state index is 12.6. The molecule has 0 spiro atoms. The number of hydrogen-bond donors (Lipinski definition) is 0. The molecule has 3 unspecified atom stereocenters. The van der Waals surface area contributed by atoms with Crippen molar-refractivity contribution in [3.05, 3.63) is 65.2 Å². The molecule has 1 fully saturated rings. The van der Waals surface area contributed by atoms with Crippen molar-refractivity contribution in [2.24, 2.45) is 5.92 Å². The molecule has 4 rings (SSSR count). The average molecular weight is 452 g/mol. The van der Waals surface area contributed by atoms with E-state index in [1.165, 1.54) is 29.5 Å². The van der Waals surface area contributed by atoms with Crippen molar-refractivity contribution < 1.29 is 13.9 Å². The van der Waals surface area contributed by atoms with E-state index >= 15 is 0 Å². The third-order valence-corrected chi connectivity index (χ3v) is 7.31. The topological polar surface area (TPSA) is 29.5 Å². The minimum Gasteiger partial charge on any atom is -0.484 e. The van der Waals surface area contributed by atoms with Gasteiger partial charge in [0, 0.05) is 13.0 Å². The van der Waals surface area contributed by atoms with Gasteiger partial charge in [0.1, 0.15) is 17.6 Å². The van der Waals surface area contributed by atoms with Gasteiger partial charge < -0.3 is 9.53 Å². The van der Waals surface area contributed by atoms with Crippen LogP contribution in [0.2, 0.25) is 0 Å². The third kappa shape index (κ3) is 6.44. The smallest absolute Gasteiger partial charge is 0.140 e. The van der Waals surface area contributed by atoms with E-state index in [0.717, 1.165) is 50.9 Å². The van der Waals surface area contributed by atoms with Crippen molar-refractivity contribution in [2.75, 3.05) is 19.8 Å². The average Bonchev–Trinajstić information content (AvgIpc) is 3.18. The van der Waals surface area contributed by atoms with E-state index in [0.29, 0.717) is 24.8 Å². The predicted octanol–water partition coefficient (Wildman–Crippen LogP) is 6.49. The van der Waals surface area contributed by atoms with Crippen molar-refractivity contribution in [2.45, 2.75) is 76.9 Å². The Labute approximate surface area is 198 Å². The molecule has 1 saturated heterocycles. The molecule has 0 amide bonds. The first kappa shape index (κ1) is 23.9. The first-order chi connectivity index (χ1) is 16.1. The van der Waals surface area contributed by atoms with Crippen LogP contribution in [0.15, 0.2) is 48.5 Å². The maximum Gasteiger partial charge on any atom is 0.140 e. The summed E-state index contributed by atoms with van der Waals surface area (Å²) in [4.78, 5) is 13.9. The van der Waals surface area contributed by atoms with Gasteiger partial charge in [0.2, 0.25) is 0 Å². The van der Waals surface area contributed by atoms with Crippen LogP contribution < -0.4 is 4.74 Å². The van der Waals surface area contributed by atoms with E-state index < -0.39 is 0 Å². The molecule has 3 atom stereocenters. The summed E-state index contributed by atoms with van der Waals surface area (Å²) >= 11 is 0. The van der Waals surface area contributed by atoms with Gasteiger partial charge >= 0.3 is 0 Å². The molecule has 0 aromatic heterocycles. The molecule has 3 nitrogen and oxygen atoms in total. The molecular weight excluding hydrogens is 413 g/mol. The van der Waals surface area contributed by atoms with Crippen molar-refractivity contribution in [3.8, 4) is 5.75 Å². The fraction of sp³-hybridized carbons (Fsp3) is 0.552. The molecule has 33 heavy (non-hydrogen) atoms. The molecule has 0 bridgehead atoms. The Morgan fingerprint density at radius 1 is 1.12 bits per heavy atom. The second-order valence-electron chi connectivity index (χ2n) is 9.90. The van der Waals surface area contributed by atoms with Gasteiger partial charge in [-0.1, -0.05) is 42.8 Å². The lowest BCUT2D eigenvalue weighted by atomic mass is 9.91. The van der Waals surface area contributed by atoms with E-state index in [1.807, 2.05) is 0 Å². The van der Waals surface area contributed by atoms with Gasteiger partial charge in [-0.25, -0.2) is 0 Å². The Hall–Kier alpha value is -2.20. The highest BCUT2D eigenvalue weighted by atomic mass is 19.1. The molecule has 4 heteroatoms. The van der Waals surface area contributed by atoms with Gasteiger partial charge in [-0.3, -0.25) is 9.29 Å². The lowest BCUT2D eigenvalue weighted by molar-refractivity contribution is -0.117. The van der Waals surface area contributed by atoms with Crippen molar-refractivity contribution >= 4 is 5.78 Å². The number of carbonyl (C=O) groups excluding carboxylic acids is 1. The van der Waals surface area contributed by atoms with Crippen LogP contribution in [-0.2, 0) is 17.6 Å². The number of halogens is 1. The van der Waals surface area contributed by atoms with Crippen LogP contribution in [-0.4, -0.2) is 36.5 Å². The summed E-state index contributed by atoms with van der Waals surface area (Å²) in [7, 11) is 0. The standard InChI is InChI=1S/C29H38FNO2/c1-22(32)9-6-11-23-12-7-15-26(19-23)33-29-27-16-3-2-14-25(27)20-28(29)31-18-8-13-24(21-31)10-4-5-17-30/h2-3,7,12,14-16,19,24,28-29H,4-6,8-11,13,17-18,20-21H2,1H3. The second kappa shape index (κ2) is 11.8. The Morgan fingerprint density at radius 2 is 2.00 bits per heavy atom. The van der Waals surface area contributed by atoms with Crippen LogP contribution in [0, 0.1) is 5.92 Å². The number of ketones is 1. The number of rotatable bonds is 11. The molecule has 2 aromatic rings. The number of nitrogens with zero attached hydrogens (tertiary/aromatic N) is 1. The molecule has 2 aliphatic rings. The van der Waals surface area contributed by atoms with Crippen LogP contribution in [0.5, 0.6) is 5.75 Å². The third-order valence-electron chi connectivity index (χ3n) is 7.31. The van der Waals surface area contributed by atoms with Crippen molar-refractivity contribution in [3.63, 3.8) is 0 Å². The number of carbonyl (C=O) groups is 1. The van der Waals surface area contributed by atoms with Gasteiger partial charge in [0.05, 0.1) is 12.7 Å². The first-order valence-corrected chi connectivity index (χ1v) is 12.8. The number of fused-ring (bicyclic) bond motifs is 1. The van der Waals surface area contributed by atoms with Crippen molar-refractivity contribution in [1.82, 2.24) is 4.90 Å². The summed E-state index contributed by atoms with van der Waals surface area (Å²) < 4.78 is 19.3.